The summed E-state index contributed by atoms with van der Waals surface area (Å²) >= 11 is 0. The molecule has 1 atom stereocenters. The maximum absolute atomic E-state index is 13.0. The van der Waals surface area contributed by atoms with Gasteiger partial charge in [0.2, 0.25) is 11.8 Å². The summed E-state index contributed by atoms with van der Waals surface area (Å²) < 4.78 is 1.55. The zero-order valence-electron chi connectivity index (χ0n) is 16.9. The molecule has 0 spiro atoms. The smallest absolute Gasteiger partial charge is 0.228 e. The van der Waals surface area contributed by atoms with Crippen LogP contribution < -0.4 is 9.80 Å². The second kappa shape index (κ2) is 8.13. The third kappa shape index (κ3) is 3.83. The van der Waals surface area contributed by atoms with Crippen molar-refractivity contribution in [2.24, 2.45) is 5.92 Å². The lowest BCUT2D eigenvalue weighted by Gasteiger charge is -2.36. The van der Waals surface area contributed by atoms with Gasteiger partial charge < -0.3 is 14.7 Å². The molecule has 2 aromatic heterocycles. The van der Waals surface area contributed by atoms with Crippen LogP contribution in [0.3, 0.4) is 0 Å². The molecule has 2 aliphatic rings. The summed E-state index contributed by atoms with van der Waals surface area (Å²) in [6.45, 7) is 2.98. The Kier molecular flexibility index (Phi) is 5.03. The molecule has 1 aromatic carbocycles. The van der Waals surface area contributed by atoms with Crippen LogP contribution in [-0.4, -0.2) is 74.4 Å². The molecular weight excluding hydrogens is 396 g/mol. The zero-order valence-corrected chi connectivity index (χ0v) is 16.9. The van der Waals surface area contributed by atoms with Crippen LogP contribution in [0, 0.1) is 5.92 Å². The van der Waals surface area contributed by atoms with Gasteiger partial charge in [-0.05, 0) is 24.3 Å². The van der Waals surface area contributed by atoms with Gasteiger partial charge in [0.25, 0.3) is 0 Å². The number of carbonyl (C=O) groups is 2. The molecule has 2 aliphatic heterocycles. The second-order valence-electron chi connectivity index (χ2n) is 7.64. The van der Waals surface area contributed by atoms with Crippen LogP contribution in [0.5, 0.6) is 0 Å². The van der Waals surface area contributed by atoms with Gasteiger partial charge in [-0.3, -0.25) is 9.59 Å². The summed E-state index contributed by atoms with van der Waals surface area (Å²) in [5.74, 6) is 1.14. The van der Waals surface area contributed by atoms with Crippen LogP contribution in [0.4, 0.5) is 11.5 Å². The van der Waals surface area contributed by atoms with Gasteiger partial charge in [0.1, 0.15) is 12.7 Å². The molecule has 4 heterocycles. The monoisotopic (exact) mass is 418 g/mol. The Hall–Kier alpha value is -3.82. The second-order valence-corrected chi connectivity index (χ2v) is 7.64. The highest BCUT2D eigenvalue weighted by molar-refractivity contribution is 6.00. The minimum absolute atomic E-state index is 0.00549. The molecule has 2 fully saturated rings. The first-order valence-electron chi connectivity index (χ1n) is 10.3. The molecule has 31 heavy (non-hydrogen) atoms. The Balaban J connectivity index is 1.18. The van der Waals surface area contributed by atoms with Crippen molar-refractivity contribution >= 4 is 23.3 Å². The highest BCUT2D eigenvalue weighted by Crippen LogP contribution is 2.26. The number of rotatable bonds is 4. The Labute approximate surface area is 179 Å². The number of benzene rings is 1. The standard InChI is InChI=1S/C21H22N8O2/c30-20-12-16(13-28(20)17-4-2-1-3-5-17)21(31)27-10-8-26(9-11-27)18-6-7-19(25-24-18)29-15-22-14-23-29/h1-7,14-16H,8-13H2. The Morgan fingerprint density at radius 3 is 2.35 bits per heavy atom. The number of piperazine rings is 1. The molecule has 158 valence electrons. The van der Waals surface area contributed by atoms with E-state index >= 15 is 0 Å². The van der Waals surface area contributed by atoms with Gasteiger partial charge in [-0.2, -0.15) is 5.10 Å². The molecule has 3 aromatic rings. The van der Waals surface area contributed by atoms with E-state index in [2.05, 4.69) is 25.2 Å². The first kappa shape index (κ1) is 19.2. The maximum atomic E-state index is 13.0. The van der Waals surface area contributed by atoms with Gasteiger partial charge >= 0.3 is 0 Å². The van der Waals surface area contributed by atoms with E-state index in [0.717, 1.165) is 11.5 Å². The Morgan fingerprint density at radius 2 is 1.68 bits per heavy atom. The van der Waals surface area contributed by atoms with Crippen LogP contribution in [-0.2, 0) is 9.59 Å². The largest absolute Gasteiger partial charge is 0.352 e. The van der Waals surface area contributed by atoms with Gasteiger partial charge in [0.15, 0.2) is 11.6 Å². The SMILES string of the molecule is O=C(C1CC(=O)N(c2ccccc2)C1)N1CCN(c2ccc(-n3cncn3)nn2)CC1. The zero-order chi connectivity index (χ0) is 21.2. The van der Waals surface area contributed by atoms with E-state index in [0.29, 0.717) is 38.5 Å². The van der Waals surface area contributed by atoms with Gasteiger partial charge in [-0.15, -0.1) is 10.2 Å². The molecule has 10 nitrogen and oxygen atoms in total. The number of carbonyl (C=O) groups excluding carboxylic acids is 2. The Morgan fingerprint density at radius 1 is 0.935 bits per heavy atom. The molecule has 10 heteroatoms. The van der Waals surface area contributed by atoms with E-state index in [9.17, 15) is 9.59 Å². The number of anilines is 2. The summed E-state index contributed by atoms with van der Waals surface area (Å²) in [4.78, 5) is 35.1. The first-order chi connectivity index (χ1) is 15.2. The van der Waals surface area contributed by atoms with Crippen LogP contribution in [0.25, 0.3) is 5.82 Å². The average Bonchev–Trinajstić information content (AvgIpc) is 3.50. The Bertz CT molecular complexity index is 1050. The van der Waals surface area contributed by atoms with Crippen LogP contribution in [0.2, 0.25) is 0 Å². The molecule has 0 saturated carbocycles. The molecule has 2 amide bonds. The fourth-order valence-electron chi connectivity index (χ4n) is 4.08. The summed E-state index contributed by atoms with van der Waals surface area (Å²) in [6, 6.07) is 13.3. The summed E-state index contributed by atoms with van der Waals surface area (Å²) in [5.41, 5.74) is 0.848. The third-order valence-corrected chi connectivity index (χ3v) is 5.75. The minimum atomic E-state index is -0.291. The maximum Gasteiger partial charge on any atom is 0.228 e. The summed E-state index contributed by atoms with van der Waals surface area (Å²) in [6.07, 6.45) is 3.28. The minimum Gasteiger partial charge on any atom is -0.352 e. The lowest BCUT2D eigenvalue weighted by atomic mass is 10.1. The van der Waals surface area contributed by atoms with Crippen molar-refractivity contribution < 1.29 is 9.59 Å². The predicted octanol–water partition coefficient (Wildman–Crippen LogP) is 0.759. The summed E-state index contributed by atoms with van der Waals surface area (Å²) in [7, 11) is 0. The van der Waals surface area contributed by atoms with E-state index in [1.54, 1.807) is 15.9 Å². The number of para-hydroxylation sites is 1. The molecule has 2 saturated heterocycles. The van der Waals surface area contributed by atoms with E-state index in [1.165, 1.54) is 6.33 Å². The number of hydrogen-bond acceptors (Lipinski definition) is 7. The van der Waals surface area contributed by atoms with Crippen molar-refractivity contribution in [2.75, 3.05) is 42.5 Å². The van der Waals surface area contributed by atoms with Crippen LogP contribution in [0.1, 0.15) is 6.42 Å². The van der Waals surface area contributed by atoms with Crippen molar-refractivity contribution in [1.82, 2.24) is 29.9 Å². The van der Waals surface area contributed by atoms with Gasteiger partial charge in [0.05, 0.1) is 5.92 Å². The molecule has 5 rings (SSSR count). The van der Waals surface area contributed by atoms with E-state index in [1.807, 2.05) is 47.4 Å². The fourth-order valence-corrected chi connectivity index (χ4v) is 4.08. The van der Waals surface area contributed by atoms with Gasteiger partial charge in [0, 0.05) is 44.8 Å². The van der Waals surface area contributed by atoms with Crippen molar-refractivity contribution in [3.63, 3.8) is 0 Å². The lowest BCUT2D eigenvalue weighted by Crippen LogP contribution is -2.51. The van der Waals surface area contributed by atoms with Crippen LogP contribution in [0.15, 0.2) is 55.1 Å². The fraction of sp³-hybridized carbons (Fsp3) is 0.333. The average molecular weight is 418 g/mol. The normalized spacial score (nSPS) is 19.2. The topological polar surface area (TPSA) is 100 Å². The molecule has 1 unspecified atom stereocenters. The highest BCUT2D eigenvalue weighted by atomic mass is 16.2. The number of aromatic nitrogens is 5. The number of nitrogens with zero attached hydrogens (tertiary/aromatic N) is 8. The lowest BCUT2D eigenvalue weighted by molar-refractivity contribution is -0.136. The highest BCUT2D eigenvalue weighted by Gasteiger charge is 2.38. The van der Waals surface area contributed by atoms with Crippen molar-refractivity contribution in [3.8, 4) is 5.82 Å². The molecule has 0 bridgehead atoms. The molecule has 0 radical (unpaired) electrons. The van der Waals surface area contributed by atoms with E-state index in [-0.39, 0.29) is 24.2 Å². The number of hydrogen-bond donors (Lipinski definition) is 0. The van der Waals surface area contributed by atoms with Gasteiger partial charge in [-0.1, -0.05) is 18.2 Å². The molecular formula is C21H22N8O2. The van der Waals surface area contributed by atoms with E-state index < -0.39 is 0 Å². The third-order valence-electron chi connectivity index (χ3n) is 5.75. The van der Waals surface area contributed by atoms with Gasteiger partial charge in [-0.25, -0.2) is 9.67 Å². The predicted molar refractivity (Wildman–Crippen MR) is 113 cm³/mol. The van der Waals surface area contributed by atoms with E-state index in [4.69, 9.17) is 0 Å². The molecule has 0 N–H and O–H groups in total. The number of amides is 2. The summed E-state index contributed by atoms with van der Waals surface area (Å²) in [5, 5.41) is 12.5. The van der Waals surface area contributed by atoms with Crippen molar-refractivity contribution in [3.05, 3.63) is 55.1 Å². The van der Waals surface area contributed by atoms with Crippen LogP contribution >= 0.6 is 0 Å². The quantitative estimate of drug-likeness (QED) is 0.617. The van der Waals surface area contributed by atoms with Crippen molar-refractivity contribution in [1.29, 1.82) is 0 Å². The first-order valence-corrected chi connectivity index (χ1v) is 10.3. The van der Waals surface area contributed by atoms with Crippen molar-refractivity contribution in [2.45, 2.75) is 6.42 Å². The molecule has 0 aliphatic carbocycles.